The quantitative estimate of drug-likeness (QED) is 0.805. The molecule has 6 nitrogen and oxygen atoms in total. The van der Waals surface area contributed by atoms with Gasteiger partial charge in [-0.2, -0.15) is 15.0 Å². The van der Waals surface area contributed by atoms with Crippen molar-refractivity contribution in [2.75, 3.05) is 0 Å². The lowest BCUT2D eigenvalue weighted by Gasteiger charge is -2.06. The van der Waals surface area contributed by atoms with Crippen molar-refractivity contribution >= 4 is 0 Å². The normalized spacial score (nSPS) is 10.2. The van der Waals surface area contributed by atoms with Crippen molar-refractivity contribution in [1.82, 2.24) is 14.8 Å². The van der Waals surface area contributed by atoms with Gasteiger partial charge in [-0.05, 0) is 13.0 Å². The third-order valence-corrected chi connectivity index (χ3v) is 2.38. The minimum atomic E-state index is -1.00. The molecule has 0 unspecified atom stereocenters. The van der Waals surface area contributed by atoms with Crippen LogP contribution in [0.1, 0.15) is 11.3 Å². The summed E-state index contributed by atoms with van der Waals surface area (Å²) in [6, 6.07) is 2.79. The van der Waals surface area contributed by atoms with E-state index in [0.29, 0.717) is 16.8 Å². The number of aryl methyl sites for hydroxylation is 1. The van der Waals surface area contributed by atoms with Crippen molar-refractivity contribution in [2.24, 2.45) is 0 Å². The topological polar surface area (TPSA) is 91.5 Å². The van der Waals surface area contributed by atoms with Gasteiger partial charge in [-0.25, -0.2) is 13.6 Å². The third-order valence-electron chi connectivity index (χ3n) is 2.38. The highest BCUT2D eigenvalue weighted by molar-refractivity contribution is 5.41. The lowest BCUT2D eigenvalue weighted by atomic mass is 10.2. The maximum atomic E-state index is 13.7. The van der Waals surface area contributed by atoms with Gasteiger partial charge in [0.05, 0.1) is 5.56 Å². The molecule has 0 saturated heterocycles. The highest BCUT2D eigenvalue weighted by atomic mass is 19.1. The molecule has 2 aromatic rings. The molecule has 1 aromatic heterocycles. The van der Waals surface area contributed by atoms with E-state index >= 15 is 0 Å². The second kappa shape index (κ2) is 4.45. The third kappa shape index (κ3) is 2.13. The van der Waals surface area contributed by atoms with Crippen molar-refractivity contribution in [3.05, 3.63) is 55.9 Å². The summed E-state index contributed by atoms with van der Waals surface area (Å²) in [7, 11) is 0. The fourth-order valence-corrected chi connectivity index (χ4v) is 1.43. The van der Waals surface area contributed by atoms with E-state index in [1.807, 2.05) is 4.98 Å². The fourth-order valence-electron chi connectivity index (χ4n) is 1.43. The van der Waals surface area contributed by atoms with Crippen LogP contribution in [0.15, 0.2) is 21.7 Å². The summed E-state index contributed by atoms with van der Waals surface area (Å²) >= 11 is 0. The summed E-state index contributed by atoms with van der Waals surface area (Å²) in [5.41, 5.74) is -2.77. The van der Waals surface area contributed by atoms with Gasteiger partial charge in [0.2, 0.25) is 0 Å². The highest BCUT2D eigenvalue weighted by Gasteiger charge is 2.14. The lowest BCUT2D eigenvalue weighted by Crippen LogP contribution is -2.33. The minimum Gasteiger partial charge on any atom is -0.271 e. The Morgan fingerprint density at radius 2 is 2.00 bits per heavy atom. The SMILES string of the molecule is Cc1nn(-c2cc(F)c(C#N)cc2F)c(=O)[nH]c1=O. The number of aromatic nitrogens is 3. The molecule has 0 saturated carbocycles. The molecule has 1 aromatic carbocycles. The number of H-pyrrole nitrogens is 1. The lowest BCUT2D eigenvalue weighted by molar-refractivity contribution is 0.574. The van der Waals surface area contributed by atoms with Crippen LogP contribution in [0.25, 0.3) is 5.69 Å². The maximum Gasteiger partial charge on any atom is 0.349 e. The van der Waals surface area contributed by atoms with Crippen molar-refractivity contribution < 1.29 is 8.78 Å². The smallest absolute Gasteiger partial charge is 0.271 e. The van der Waals surface area contributed by atoms with Gasteiger partial charge in [0, 0.05) is 6.07 Å². The largest absolute Gasteiger partial charge is 0.349 e. The van der Waals surface area contributed by atoms with E-state index in [9.17, 15) is 18.4 Å². The predicted molar refractivity (Wildman–Crippen MR) is 59.8 cm³/mol. The van der Waals surface area contributed by atoms with Crippen molar-refractivity contribution in [3.63, 3.8) is 0 Å². The molecule has 19 heavy (non-hydrogen) atoms. The number of nitrogens with one attached hydrogen (secondary N) is 1. The molecule has 1 heterocycles. The second-order valence-corrected chi connectivity index (χ2v) is 3.65. The first-order valence-corrected chi connectivity index (χ1v) is 5.04. The van der Waals surface area contributed by atoms with Gasteiger partial charge in [0.25, 0.3) is 5.56 Å². The molecule has 0 spiro atoms. The van der Waals surface area contributed by atoms with E-state index in [2.05, 4.69) is 5.10 Å². The van der Waals surface area contributed by atoms with Crippen LogP contribution in [0.2, 0.25) is 0 Å². The number of nitriles is 1. The number of aromatic amines is 1. The van der Waals surface area contributed by atoms with Crippen LogP contribution in [0.5, 0.6) is 0 Å². The van der Waals surface area contributed by atoms with Crippen LogP contribution in [0, 0.1) is 29.9 Å². The molecule has 0 bridgehead atoms. The Hall–Kier alpha value is -2.82. The monoisotopic (exact) mass is 264 g/mol. The van der Waals surface area contributed by atoms with E-state index in [-0.39, 0.29) is 5.69 Å². The number of rotatable bonds is 1. The molecule has 2 rings (SSSR count). The zero-order chi connectivity index (χ0) is 14.2. The van der Waals surface area contributed by atoms with Gasteiger partial charge in [-0.1, -0.05) is 0 Å². The van der Waals surface area contributed by atoms with Gasteiger partial charge < -0.3 is 0 Å². The second-order valence-electron chi connectivity index (χ2n) is 3.65. The molecular weight excluding hydrogens is 258 g/mol. The molecule has 1 N–H and O–H groups in total. The first kappa shape index (κ1) is 12.6. The Morgan fingerprint density at radius 3 is 2.63 bits per heavy atom. The molecular formula is C11H6F2N4O2. The molecule has 0 aliphatic rings. The Bertz CT molecular complexity index is 817. The predicted octanol–water partition coefficient (Wildman–Crippen LogP) is 0.379. The maximum absolute atomic E-state index is 13.7. The zero-order valence-corrected chi connectivity index (χ0v) is 9.57. The Morgan fingerprint density at radius 1 is 1.32 bits per heavy atom. The number of hydrogen-bond acceptors (Lipinski definition) is 4. The first-order chi connectivity index (χ1) is 8.93. The number of halogens is 2. The molecule has 8 heteroatoms. The highest BCUT2D eigenvalue weighted by Crippen LogP contribution is 2.16. The van der Waals surface area contributed by atoms with Crippen molar-refractivity contribution in [3.8, 4) is 11.8 Å². The molecule has 0 atom stereocenters. The average Bonchev–Trinajstić information content (AvgIpc) is 2.36. The van der Waals surface area contributed by atoms with Crippen LogP contribution >= 0.6 is 0 Å². The van der Waals surface area contributed by atoms with Crippen LogP contribution in [0.3, 0.4) is 0 Å². The molecule has 0 aliphatic carbocycles. The molecule has 0 aliphatic heterocycles. The van der Waals surface area contributed by atoms with Crippen LogP contribution in [-0.4, -0.2) is 14.8 Å². The molecule has 0 amide bonds. The number of hydrogen-bond donors (Lipinski definition) is 1. The summed E-state index contributed by atoms with van der Waals surface area (Å²) in [5, 5.41) is 12.1. The van der Waals surface area contributed by atoms with Gasteiger partial charge in [0.15, 0.2) is 5.82 Å². The zero-order valence-electron chi connectivity index (χ0n) is 9.57. The fraction of sp³-hybridized carbons (Fsp3) is 0.0909. The standard InChI is InChI=1S/C11H6F2N4O2/c1-5-10(18)15-11(19)17(16-5)9-3-7(12)6(4-14)2-8(9)13/h2-3H,1H3,(H,15,18,19). The minimum absolute atomic E-state index is 0.0798. The van der Waals surface area contributed by atoms with Crippen molar-refractivity contribution in [2.45, 2.75) is 6.92 Å². The summed E-state index contributed by atoms with van der Waals surface area (Å²) in [6.07, 6.45) is 0. The average molecular weight is 264 g/mol. The van der Waals surface area contributed by atoms with Crippen LogP contribution in [0.4, 0.5) is 8.78 Å². The molecule has 96 valence electrons. The van der Waals surface area contributed by atoms with Gasteiger partial charge in [-0.15, -0.1) is 0 Å². The summed E-state index contributed by atoms with van der Waals surface area (Å²) in [6.45, 7) is 1.31. The van der Waals surface area contributed by atoms with E-state index < -0.39 is 34.1 Å². The molecule has 0 radical (unpaired) electrons. The van der Waals surface area contributed by atoms with Crippen LogP contribution in [-0.2, 0) is 0 Å². The van der Waals surface area contributed by atoms with Gasteiger partial charge in [0.1, 0.15) is 23.3 Å². The Kier molecular flexibility index (Phi) is 2.96. The summed E-state index contributed by atoms with van der Waals surface area (Å²) in [4.78, 5) is 24.6. The molecule has 0 fully saturated rings. The van der Waals surface area contributed by atoms with E-state index in [0.717, 1.165) is 0 Å². The summed E-state index contributed by atoms with van der Waals surface area (Å²) < 4.78 is 27.7. The van der Waals surface area contributed by atoms with E-state index in [4.69, 9.17) is 5.26 Å². The van der Waals surface area contributed by atoms with Crippen LogP contribution < -0.4 is 11.2 Å². The first-order valence-electron chi connectivity index (χ1n) is 5.04. The van der Waals surface area contributed by atoms with E-state index in [1.54, 1.807) is 0 Å². The van der Waals surface area contributed by atoms with Gasteiger partial charge >= 0.3 is 5.69 Å². The summed E-state index contributed by atoms with van der Waals surface area (Å²) in [5.74, 6) is -1.99. The Labute approximate surface area is 104 Å². The van der Waals surface area contributed by atoms with E-state index in [1.165, 1.54) is 13.0 Å². The Balaban J connectivity index is 2.77. The van der Waals surface area contributed by atoms with Gasteiger partial charge in [-0.3, -0.25) is 9.78 Å². The number of benzene rings is 1. The number of nitrogens with zero attached hydrogens (tertiary/aromatic N) is 3. The van der Waals surface area contributed by atoms with Crippen molar-refractivity contribution in [1.29, 1.82) is 5.26 Å².